The minimum Gasteiger partial charge on any atom is -0.481 e. The number of benzene rings is 1. The standard InChI is InChI=1S/C27H33F2N3O5/c1-26(2,3)31-16-6-10-22(27(4,14-16)25(35)36)32-12-11-19(24(32)34)30-23(33)21-9-8-20(37-21)15-5-7-17(28)18(29)13-15/h5,7-9,13,16,19,22,31H,6,10-12,14H2,1-4H3,(H,30,33)(H,35,36)/t16-,19+,22+,27-/m1/s1. The van der Waals surface area contributed by atoms with Crippen molar-refractivity contribution in [3.63, 3.8) is 0 Å². The van der Waals surface area contributed by atoms with E-state index in [9.17, 15) is 28.3 Å². The van der Waals surface area contributed by atoms with Gasteiger partial charge in [0.05, 0.1) is 5.41 Å². The smallest absolute Gasteiger partial charge is 0.311 e. The molecule has 0 bridgehead atoms. The fraction of sp³-hybridized carbons (Fsp3) is 0.519. The fourth-order valence-corrected chi connectivity index (χ4v) is 5.53. The van der Waals surface area contributed by atoms with E-state index in [2.05, 4.69) is 10.6 Å². The number of amides is 2. The Bertz CT molecular complexity index is 1210. The first-order chi connectivity index (χ1) is 17.3. The molecule has 1 saturated heterocycles. The number of hydrogen-bond acceptors (Lipinski definition) is 5. The van der Waals surface area contributed by atoms with Gasteiger partial charge in [-0.25, -0.2) is 8.78 Å². The molecule has 4 atom stereocenters. The number of rotatable bonds is 6. The summed E-state index contributed by atoms with van der Waals surface area (Å²) in [7, 11) is 0. The average Bonchev–Trinajstić information content (AvgIpc) is 3.43. The van der Waals surface area contributed by atoms with Crippen molar-refractivity contribution in [2.45, 2.75) is 77.0 Å². The number of likely N-dealkylation sites (tertiary alicyclic amines) is 1. The van der Waals surface area contributed by atoms with Gasteiger partial charge in [-0.1, -0.05) is 0 Å². The van der Waals surface area contributed by atoms with E-state index in [-0.39, 0.29) is 34.6 Å². The Balaban J connectivity index is 1.43. The van der Waals surface area contributed by atoms with Crippen LogP contribution in [0.2, 0.25) is 0 Å². The van der Waals surface area contributed by atoms with Gasteiger partial charge in [-0.15, -0.1) is 0 Å². The summed E-state index contributed by atoms with van der Waals surface area (Å²) in [6, 6.07) is 4.86. The number of carbonyl (C=O) groups excluding carboxylic acids is 2. The molecule has 0 radical (unpaired) electrons. The molecule has 1 aliphatic carbocycles. The van der Waals surface area contributed by atoms with Crippen molar-refractivity contribution in [2.24, 2.45) is 5.41 Å². The summed E-state index contributed by atoms with van der Waals surface area (Å²) in [5.41, 5.74) is -1.02. The maximum absolute atomic E-state index is 13.6. The van der Waals surface area contributed by atoms with Crippen LogP contribution in [0, 0.1) is 17.0 Å². The zero-order chi connectivity index (χ0) is 27.1. The minimum atomic E-state index is -1.13. The SMILES string of the molecule is CC(C)(C)N[C@@H]1CC[C@H](N2CC[C@H](NC(=O)c3ccc(-c4ccc(F)c(F)c4)o3)C2=O)[C@](C)(C(=O)O)C1. The number of carboxylic acids is 1. The maximum atomic E-state index is 13.6. The number of halogens is 2. The fourth-order valence-electron chi connectivity index (χ4n) is 5.53. The second-order valence-electron chi connectivity index (χ2n) is 11.3. The highest BCUT2D eigenvalue weighted by atomic mass is 19.2. The lowest BCUT2D eigenvalue weighted by Gasteiger charge is -2.47. The quantitative estimate of drug-likeness (QED) is 0.535. The van der Waals surface area contributed by atoms with Crippen LogP contribution in [-0.2, 0) is 9.59 Å². The van der Waals surface area contributed by atoms with Gasteiger partial charge in [-0.05, 0) is 83.7 Å². The monoisotopic (exact) mass is 517 g/mol. The van der Waals surface area contributed by atoms with Crippen LogP contribution in [0.25, 0.3) is 11.3 Å². The van der Waals surface area contributed by atoms with Gasteiger partial charge in [0.25, 0.3) is 5.91 Å². The van der Waals surface area contributed by atoms with Crippen LogP contribution in [0.5, 0.6) is 0 Å². The number of aliphatic carboxylic acids is 1. The van der Waals surface area contributed by atoms with Crippen molar-refractivity contribution in [2.75, 3.05) is 6.54 Å². The molecule has 1 saturated carbocycles. The van der Waals surface area contributed by atoms with Gasteiger partial charge >= 0.3 is 5.97 Å². The van der Waals surface area contributed by atoms with Crippen LogP contribution in [0.15, 0.2) is 34.7 Å². The van der Waals surface area contributed by atoms with E-state index in [1.807, 2.05) is 20.8 Å². The Morgan fingerprint density at radius 2 is 1.84 bits per heavy atom. The van der Waals surface area contributed by atoms with E-state index in [1.54, 1.807) is 11.8 Å². The lowest BCUT2D eigenvalue weighted by atomic mass is 9.68. The average molecular weight is 518 g/mol. The van der Waals surface area contributed by atoms with Gasteiger partial charge in [0.1, 0.15) is 11.8 Å². The van der Waals surface area contributed by atoms with Gasteiger partial charge in [-0.2, -0.15) is 0 Å². The normalized spacial score (nSPS) is 26.4. The third kappa shape index (κ3) is 5.53. The second kappa shape index (κ2) is 9.89. The highest BCUT2D eigenvalue weighted by molar-refractivity contribution is 5.96. The predicted molar refractivity (Wildman–Crippen MR) is 132 cm³/mol. The van der Waals surface area contributed by atoms with Crippen LogP contribution >= 0.6 is 0 Å². The summed E-state index contributed by atoms with van der Waals surface area (Å²) in [4.78, 5) is 40.0. The van der Waals surface area contributed by atoms with Gasteiger partial charge in [0.15, 0.2) is 17.4 Å². The van der Waals surface area contributed by atoms with Crippen molar-refractivity contribution < 1.29 is 32.7 Å². The zero-order valence-electron chi connectivity index (χ0n) is 21.4. The van der Waals surface area contributed by atoms with E-state index in [1.165, 1.54) is 18.2 Å². The molecule has 10 heteroatoms. The van der Waals surface area contributed by atoms with Gasteiger partial charge in [-0.3, -0.25) is 14.4 Å². The number of carbonyl (C=O) groups is 3. The molecule has 2 heterocycles. The Labute approximate surface area is 214 Å². The number of hydrogen-bond donors (Lipinski definition) is 3. The van der Waals surface area contributed by atoms with Crippen molar-refractivity contribution in [1.29, 1.82) is 0 Å². The number of nitrogens with zero attached hydrogens (tertiary/aromatic N) is 1. The molecule has 2 fully saturated rings. The van der Waals surface area contributed by atoms with Gasteiger partial charge < -0.3 is 25.1 Å². The highest BCUT2D eigenvalue weighted by Crippen LogP contribution is 2.41. The van der Waals surface area contributed by atoms with E-state index in [0.717, 1.165) is 18.6 Å². The van der Waals surface area contributed by atoms with Crippen LogP contribution in [-0.4, -0.2) is 58.0 Å². The molecule has 200 valence electrons. The zero-order valence-corrected chi connectivity index (χ0v) is 21.4. The first kappa shape index (κ1) is 26.8. The molecule has 0 spiro atoms. The van der Waals surface area contributed by atoms with Crippen LogP contribution in [0.3, 0.4) is 0 Å². The third-order valence-corrected chi connectivity index (χ3v) is 7.28. The molecular formula is C27H33F2N3O5. The number of nitrogens with one attached hydrogen (secondary N) is 2. The molecule has 4 rings (SSSR count). The van der Waals surface area contributed by atoms with Crippen LogP contribution in [0.1, 0.15) is 63.9 Å². The Morgan fingerprint density at radius 1 is 1.11 bits per heavy atom. The molecule has 1 aromatic carbocycles. The van der Waals surface area contributed by atoms with Crippen molar-refractivity contribution in [3.8, 4) is 11.3 Å². The third-order valence-electron chi connectivity index (χ3n) is 7.28. The predicted octanol–water partition coefficient (Wildman–Crippen LogP) is 3.96. The molecule has 2 amide bonds. The topological polar surface area (TPSA) is 112 Å². The minimum absolute atomic E-state index is 0.0216. The number of furan rings is 1. The van der Waals surface area contributed by atoms with E-state index in [0.29, 0.717) is 25.8 Å². The van der Waals surface area contributed by atoms with Crippen LogP contribution in [0.4, 0.5) is 8.78 Å². The molecular weight excluding hydrogens is 484 g/mol. The molecule has 8 nitrogen and oxygen atoms in total. The Hall–Kier alpha value is -3.27. The molecule has 1 aromatic heterocycles. The number of carboxylic acid groups (broad SMARTS) is 1. The largest absolute Gasteiger partial charge is 0.481 e. The first-order valence-corrected chi connectivity index (χ1v) is 12.5. The lowest BCUT2D eigenvalue weighted by Crippen LogP contribution is -2.59. The van der Waals surface area contributed by atoms with Crippen LogP contribution < -0.4 is 10.6 Å². The lowest BCUT2D eigenvalue weighted by molar-refractivity contribution is -0.158. The first-order valence-electron chi connectivity index (χ1n) is 12.5. The summed E-state index contributed by atoms with van der Waals surface area (Å²) in [6.45, 7) is 8.14. The Kier molecular flexibility index (Phi) is 7.16. The maximum Gasteiger partial charge on any atom is 0.311 e. The van der Waals surface area contributed by atoms with E-state index >= 15 is 0 Å². The summed E-state index contributed by atoms with van der Waals surface area (Å²) < 4.78 is 32.3. The van der Waals surface area contributed by atoms with E-state index in [4.69, 9.17) is 4.42 Å². The van der Waals surface area contributed by atoms with Gasteiger partial charge in [0, 0.05) is 29.7 Å². The molecule has 1 aliphatic heterocycles. The Morgan fingerprint density at radius 3 is 2.49 bits per heavy atom. The summed E-state index contributed by atoms with van der Waals surface area (Å²) in [5, 5.41) is 16.3. The van der Waals surface area contributed by atoms with E-state index < -0.39 is 41.0 Å². The second-order valence-corrected chi connectivity index (χ2v) is 11.3. The highest BCUT2D eigenvalue weighted by Gasteiger charge is 2.52. The molecule has 2 aliphatic rings. The van der Waals surface area contributed by atoms with Crippen molar-refractivity contribution in [3.05, 3.63) is 47.7 Å². The summed E-state index contributed by atoms with van der Waals surface area (Å²) >= 11 is 0. The molecule has 37 heavy (non-hydrogen) atoms. The van der Waals surface area contributed by atoms with Crippen molar-refractivity contribution in [1.82, 2.24) is 15.5 Å². The van der Waals surface area contributed by atoms with Crippen molar-refractivity contribution >= 4 is 17.8 Å². The molecule has 2 aromatic rings. The molecule has 3 N–H and O–H groups in total. The summed E-state index contributed by atoms with van der Waals surface area (Å²) in [6.07, 6.45) is 2.02. The molecule has 0 unspecified atom stereocenters. The summed E-state index contributed by atoms with van der Waals surface area (Å²) in [5.74, 6) is -3.80. The van der Waals surface area contributed by atoms with Gasteiger partial charge in [0.2, 0.25) is 5.91 Å².